The highest BCUT2D eigenvalue weighted by molar-refractivity contribution is 8.00. The maximum atomic E-state index is 11.6. The number of hydrogen-bond acceptors (Lipinski definition) is 5. The predicted octanol–water partition coefficient (Wildman–Crippen LogP) is 1.68. The van der Waals surface area contributed by atoms with Gasteiger partial charge in [-0.05, 0) is 23.4 Å². The van der Waals surface area contributed by atoms with E-state index in [9.17, 15) is 4.79 Å². The van der Waals surface area contributed by atoms with Crippen LogP contribution in [0.3, 0.4) is 0 Å². The third-order valence-electron chi connectivity index (χ3n) is 3.16. The lowest BCUT2D eigenvalue weighted by atomic mass is 10.2. The van der Waals surface area contributed by atoms with E-state index >= 15 is 0 Å². The van der Waals surface area contributed by atoms with Crippen molar-refractivity contribution < 1.29 is 4.79 Å². The molecule has 1 aromatic rings. The molecule has 1 unspecified atom stereocenters. The van der Waals surface area contributed by atoms with E-state index in [0.29, 0.717) is 0 Å². The number of nitrogens with two attached hydrogens (primary N) is 1. The molecule has 0 aliphatic carbocycles. The lowest BCUT2D eigenvalue weighted by molar-refractivity contribution is 0.0956. The minimum atomic E-state index is -0.182. The molecular weight excluding hydrogens is 266 g/mol. The third kappa shape index (κ3) is 3.26. The normalized spacial score (nSPS) is 20.9. The Morgan fingerprint density at radius 2 is 2.50 bits per heavy atom. The van der Waals surface area contributed by atoms with Crippen molar-refractivity contribution in [2.24, 2.45) is 5.84 Å². The van der Waals surface area contributed by atoms with Crippen molar-refractivity contribution in [2.75, 3.05) is 18.8 Å². The summed E-state index contributed by atoms with van der Waals surface area (Å²) in [5.41, 5.74) is 3.30. The number of hydrazine groups is 1. The second-order valence-corrected chi connectivity index (χ2v) is 6.71. The van der Waals surface area contributed by atoms with Gasteiger partial charge in [0.25, 0.3) is 5.91 Å². The van der Waals surface area contributed by atoms with E-state index in [1.165, 1.54) is 23.5 Å². The second-order valence-electron chi connectivity index (χ2n) is 4.38. The van der Waals surface area contributed by atoms with E-state index in [1.807, 2.05) is 11.4 Å². The summed E-state index contributed by atoms with van der Waals surface area (Å²) in [5.74, 6) is 6.20. The van der Waals surface area contributed by atoms with Crippen LogP contribution in [0.25, 0.3) is 0 Å². The molecule has 1 aliphatic rings. The SMILES string of the molecule is CCC1CN(Cc2ccsc2C(=O)NN)CCS1. The van der Waals surface area contributed by atoms with Gasteiger partial charge in [0.1, 0.15) is 0 Å². The first-order valence-electron chi connectivity index (χ1n) is 6.15. The maximum absolute atomic E-state index is 11.6. The Bertz CT molecular complexity index is 408. The van der Waals surface area contributed by atoms with Gasteiger partial charge in [-0.15, -0.1) is 11.3 Å². The molecule has 0 radical (unpaired) electrons. The van der Waals surface area contributed by atoms with Crippen molar-refractivity contribution in [3.05, 3.63) is 21.9 Å². The van der Waals surface area contributed by atoms with E-state index in [0.717, 1.165) is 35.3 Å². The molecule has 0 saturated carbocycles. The van der Waals surface area contributed by atoms with E-state index in [4.69, 9.17) is 5.84 Å². The van der Waals surface area contributed by atoms with Gasteiger partial charge in [0.15, 0.2) is 0 Å². The number of rotatable bonds is 4. The van der Waals surface area contributed by atoms with Gasteiger partial charge in [0.05, 0.1) is 4.88 Å². The Kier molecular flexibility index (Phi) is 5.05. The Hall–Kier alpha value is -0.560. The van der Waals surface area contributed by atoms with Crippen LogP contribution in [0.1, 0.15) is 28.6 Å². The first-order chi connectivity index (χ1) is 8.74. The first-order valence-corrected chi connectivity index (χ1v) is 8.08. The smallest absolute Gasteiger partial charge is 0.275 e. The van der Waals surface area contributed by atoms with Crippen molar-refractivity contribution in [3.63, 3.8) is 0 Å². The van der Waals surface area contributed by atoms with Crippen molar-refractivity contribution in [1.29, 1.82) is 0 Å². The third-order valence-corrected chi connectivity index (χ3v) is 5.48. The van der Waals surface area contributed by atoms with E-state index in [1.54, 1.807) is 0 Å². The van der Waals surface area contributed by atoms with E-state index in [2.05, 4.69) is 29.0 Å². The van der Waals surface area contributed by atoms with Gasteiger partial charge in [-0.1, -0.05) is 6.92 Å². The number of nitrogens with one attached hydrogen (secondary N) is 1. The van der Waals surface area contributed by atoms with Gasteiger partial charge < -0.3 is 0 Å². The van der Waals surface area contributed by atoms with E-state index in [-0.39, 0.29) is 5.91 Å². The molecular formula is C12H19N3OS2. The fourth-order valence-electron chi connectivity index (χ4n) is 2.14. The molecule has 2 heterocycles. The topological polar surface area (TPSA) is 58.4 Å². The summed E-state index contributed by atoms with van der Waals surface area (Å²) in [6, 6.07) is 2.03. The van der Waals surface area contributed by atoms with Gasteiger partial charge in [-0.3, -0.25) is 15.1 Å². The summed E-state index contributed by atoms with van der Waals surface area (Å²) in [5, 5.41) is 2.68. The van der Waals surface area contributed by atoms with Crippen LogP contribution >= 0.6 is 23.1 Å². The van der Waals surface area contributed by atoms with Crippen LogP contribution in [-0.4, -0.2) is 34.9 Å². The average Bonchev–Trinajstić information content (AvgIpc) is 2.86. The van der Waals surface area contributed by atoms with Gasteiger partial charge >= 0.3 is 0 Å². The minimum Gasteiger partial charge on any atom is -0.297 e. The van der Waals surface area contributed by atoms with Crippen molar-refractivity contribution in [1.82, 2.24) is 10.3 Å². The van der Waals surface area contributed by atoms with Crippen LogP contribution in [-0.2, 0) is 6.54 Å². The standard InChI is InChI=1S/C12H19N3OS2/c1-2-10-8-15(4-6-17-10)7-9-3-5-18-11(9)12(16)14-13/h3,5,10H,2,4,6-8,13H2,1H3,(H,14,16). The lowest BCUT2D eigenvalue weighted by Crippen LogP contribution is -2.37. The summed E-state index contributed by atoms with van der Waals surface area (Å²) < 4.78 is 0. The largest absolute Gasteiger partial charge is 0.297 e. The summed E-state index contributed by atoms with van der Waals surface area (Å²) >= 11 is 3.51. The molecule has 1 aliphatic heterocycles. The Morgan fingerprint density at radius 1 is 1.67 bits per heavy atom. The summed E-state index contributed by atoms with van der Waals surface area (Å²) in [6.07, 6.45) is 1.21. The van der Waals surface area contributed by atoms with Crippen LogP contribution in [0.15, 0.2) is 11.4 Å². The molecule has 1 atom stereocenters. The van der Waals surface area contributed by atoms with Crippen LogP contribution in [0.5, 0.6) is 0 Å². The van der Waals surface area contributed by atoms with E-state index < -0.39 is 0 Å². The fraction of sp³-hybridized carbons (Fsp3) is 0.583. The Balaban J connectivity index is 2.00. The number of thioether (sulfide) groups is 1. The molecule has 0 aromatic carbocycles. The molecule has 18 heavy (non-hydrogen) atoms. The molecule has 0 bridgehead atoms. The van der Waals surface area contributed by atoms with Gasteiger partial charge in [-0.25, -0.2) is 5.84 Å². The number of carbonyl (C=O) groups is 1. The average molecular weight is 285 g/mol. The number of nitrogens with zero attached hydrogens (tertiary/aromatic N) is 1. The lowest BCUT2D eigenvalue weighted by Gasteiger charge is -2.31. The number of nitrogen functional groups attached to an aromatic ring is 1. The monoisotopic (exact) mass is 285 g/mol. The minimum absolute atomic E-state index is 0.182. The van der Waals surface area contributed by atoms with Crippen LogP contribution in [0.2, 0.25) is 0 Å². The molecule has 4 nitrogen and oxygen atoms in total. The number of thiophene rings is 1. The first kappa shape index (κ1) is 13.9. The highest BCUT2D eigenvalue weighted by Crippen LogP contribution is 2.24. The number of carbonyl (C=O) groups excluding carboxylic acids is 1. The molecule has 1 saturated heterocycles. The van der Waals surface area contributed by atoms with Crippen LogP contribution < -0.4 is 11.3 Å². The molecule has 100 valence electrons. The number of hydrogen-bond donors (Lipinski definition) is 2. The molecule has 2 rings (SSSR count). The van der Waals surface area contributed by atoms with Crippen LogP contribution in [0.4, 0.5) is 0 Å². The zero-order valence-electron chi connectivity index (χ0n) is 10.5. The van der Waals surface area contributed by atoms with Gasteiger partial charge in [0, 0.05) is 30.6 Å². The fourth-order valence-corrected chi connectivity index (χ4v) is 4.20. The summed E-state index contributed by atoms with van der Waals surface area (Å²) in [7, 11) is 0. The van der Waals surface area contributed by atoms with Gasteiger partial charge in [0.2, 0.25) is 0 Å². The Morgan fingerprint density at radius 3 is 3.22 bits per heavy atom. The van der Waals surface area contributed by atoms with Crippen LogP contribution in [0, 0.1) is 0 Å². The van der Waals surface area contributed by atoms with Crippen molar-refractivity contribution in [2.45, 2.75) is 25.1 Å². The molecule has 1 amide bonds. The second kappa shape index (κ2) is 6.56. The molecule has 3 N–H and O–H groups in total. The molecule has 0 spiro atoms. The highest BCUT2D eigenvalue weighted by atomic mass is 32.2. The Labute approximate surface area is 116 Å². The molecule has 6 heteroatoms. The maximum Gasteiger partial charge on any atom is 0.275 e. The van der Waals surface area contributed by atoms with Crippen molar-refractivity contribution in [3.8, 4) is 0 Å². The van der Waals surface area contributed by atoms with Crippen molar-refractivity contribution >= 4 is 29.0 Å². The predicted molar refractivity (Wildman–Crippen MR) is 77.8 cm³/mol. The summed E-state index contributed by atoms with van der Waals surface area (Å²) in [4.78, 5) is 14.8. The zero-order valence-corrected chi connectivity index (χ0v) is 12.1. The number of amides is 1. The highest BCUT2D eigenvalue weighted by Gasteiger charge is 2.21. The van der Waals surface area contributed by atoms with Gasteiger partial charge in [-0.2, -0.15) is 11.8 Å². The summed E-state index contributed by atoms with van der Waals surface area (Å²) in [6.45, 7) is 5.30. The molecule has 1 fully saturated rings. The molecule has 1 aromatic heterocycles. The zero-order chi connectivity index (χ0) is 13.0. The quantitative estimate of drug-likeness (QED) is 0.502.